The SMILES string of the molecule is NC(=O)C1=C(O)CC2CC3Cc4c(CO)ccc(O)c4C(=O)C3=C(O)C2C1=O. The number of aliphatic hydroxyl groups is 3. The molecule has 0 aliphatic heterocycles. The molecule has 0 saturated carbocycles. The number of aliphatic hydroxyl groups excluding tert-OH is 3. The molecule has 0 aromatic heterocycles. The number of phenols is 1. The summed E-state index contributed by atoms with van der Waals surface area (Å²) in [7, 11) is 0. The Bertz CT molecular complexity index is 1000. The van der Waals surface area contributed by atoms with Crippen molar-refractivity contribution in [1.82, 2.24) is 0 Å². The van der Waals surface area contributed by atoms with Gasteiger partial charge in [-0.2, -0.15) is 0 Å². The maximum absolute atomic E-state index is 13.1. The third-order valence-electron chi connectivity index (χ3n) is 6.04. The minimum atomic E-state index is -1.13. The minimum absolute atomic E-state index is 0.00351. The van der Waals surface area contributed by atoms with Gasteiger partial charge in [0.1, 0.15) is 22.8 Å². The quantitative estimate of drug-likeness (QED) is 0.474. The number of hydrogen-bond acceptors (Lipinski definition) is 7. The van der Waals surface area contributed by atoms with E-state index in [1.807, 2.05) is 0 Å². The molecule has 1 amide bonds. The van der Waals surface area contributed by atoms with E-state index in [-0.39, 0.29) is 29.9 Å². The zero-order chi connectivity index (χ0) is 20.3. The highest BCUT2D eigenvalue weighted by Gasteiger charge is 2.50. The average molecular weight is 385 g/mol. The van der Waals surface area contributed by atoms with Crippen LogP contribution in [0.25, 0.3) is 0 Å². The van der Waals surface area contributed by atoms with Crippen molar-refractivity contribution < 1.29 is 34.8 Å². The molecule has 6 N–H and O–H groups in total. The average Bonchev–Trinajstić information content (AvgIpc) is 2.60. The van der Waals surface area contributed by atoms with Crippen molar-refractivity contribution in [1.29, 1.82) is 0 Å². The summed E-state index contributed by atoms with van der Waals surface area (Å²) in [6.45, 7) is -0.302. The summed E-state index contributed by atoms with van der Waals surface area (Å²) in [6, 6.07) is 2.85. The molecule has 146 valence electrons. The van der Waals surface area contributed by atoms with Gasteiger partial charge in [-0.15, -0.1) is 0 Å². The predicted molar refractivity (Wildman–Crippen MR) is 95.3 cm³/mol. The van der Waals surface area contributed by atoms with Crippen LogP contribution in [0.2, 0.25) is 0 Å². The zero-order valence-corrected chi connectivity index (χ0v) is 14.8. The molecule has 4 rings (SSSR count). The number of carbonyl (C=O) groups excluding carboxylic acids is 3. The molecule has 8 nitrogen and oxygen atoms in total. The van der Waals surface area contributed by atoms with Crippen molar-refractivity contribution in [3.63, 3.8) is 0 Å². The van der Waals surface area contributed by atoms with Gasteiger partial charge in [-0.25, -0.2) is 0 Å². The van der Waals surface area contributed by atoms with Gasteiger partial charge in [0.25, 0.3) is 5.91 Å². The summed E-state index contributed by atoms with van der Waals surface area (Å²) in [6.07, 6.45) is 0.628. The van der Waals surface area contributed by atoms with E-state index in [0.717, 1.165) is 0 Å². The molecule has 8 heteroatoms. The molecule has 0 fully saturated rings. The van der Waals surface area contributed by atoms with E-state index in [1.165, 1.54) is 6.07 Å². The summed E-state index contributed by atoms with van der Waals surface area (Å²) >= 11 is 0. The Labute approximate surface area is 159 Å². The van der Waals surface area contributed by atoms with E-state index in [0.29, 0.717) is 24.0 Å². The van der Waals surface area contributed by atoms with Crippen LogP contribution in [-0.4, -0.2) is 37.9 Å². The normalized spacial score (nSPS) is 26.7. The Balaban J connectivity index is 1.86. The van der Waals surface area contributed by atoms with E-state index >= 15 is 0 Å². The molecule has 3 unspecified atom stereocenters. The number of Topliss-reactive ketones (excluding diaryl/α,β-unsaturated/α-hetero) is 2. The number of hydrogen-bond donors (Lipinski definition) is 5. The number of fused-ring (bicyclic) bond motifs is 3. The van der Waals surface area contributed by atoms with Crippen LogP contribution < -0.4 is 5.73 Å². The molecule has 0 saturated heterocycles. The number of nitrogens with two attached hydrogens (primary N) is 1. The van der Waals surface area contributed by atoms with Crippen LogP contribution in [0.3, 0.4) is 0 Å². The molecule has 0 spiro atoms. The highest BCUT2D eigenvalue weighted by atomic mass is 16.3. The first kappa shape index (κ1) is 18.2. The summed E-state index contributed by atoms with van der Waals surface area (Å²) in [5.74, 6) is -5.59. The van der Waals surface area contributed by atoms with Gasteiger partial charge in [0.15, 0.2) is 11.6 Å². The molecular formula is C20H19NO7. The zero-order valence-electron chi connectivity index (χ0n) is 14.8. The fraction of sp³-hybridized carbons (Fsp3) is 0.350. The van der Waals surface area contributed by atoms with Gasteiger partial charge in [-0.05, 0) is 41.9 Å². The molecule has 3 atom stereocenters. The van der Waals surface area contributed by atoms with Gasteiger partial charge >= 0.3 is 0 Å². The first-order valence-electron chi connectivity index (χ1n) is 8.94. The Hall–Kier alpha value is -3.13. The van der Waals surface area contributed by atoms with E-state index in [9.17, 15) is 34.8 Å². The second-order valence-corrected chi connectivity index (χ2v) is 7.51. The standard InChI is InChI=1S/C20H19NO7/c21-20(28)16-12(24)5-9-3-8-4-10-7(6-22)1-2-11(23)15(10)18(26)13(8)17(25)14(9)19(16)27/h1-2,8-9,14,22-25H,3-6H2,(H2,21,28). The topological polar surface area (TPSA) is 158 Å². The van der Waals surface area contributed by atoms with Crippen LogP contribution in [0.5, 0.6) is 5.75 Å². The Morgan fingerprint density at radius 2 is 1.86 bits per heavy atom. The van der Waals surface area contributed by atoms with Crippen molar-refractivity contribution in [3.05, 3.63) is 51.5 Å². The third kappa shape index (κ3) is 2.37. The molecule has 3 aliphatic carbocycles. The van der Waals surface area contributed by atoms with Gasteiger partial charge in [0, 0.05) is 12.0 Å². The largest absolute Gasteiger partial charge is 0.511 e. The predicted octanol–water partition coefficient (Wildman–Crippen LogP) is 0.958. The van der Waals surface area contributed by atoms with Crippen molar-refractivity contribution in [2.45, 2.75) is 25.9 Å². The van der Waals surface area contributed by atoms with Crippen LogP contribution in [0.4, 0.5) is 0 Å². The minimum Gasteiger partial charge on any atom is -0.511 e. The van der Waals surface area contributed by atoms with Crippen molar-refractivity contribution in [3.8, 4) is 5.75 Å². The lowest BCUT2D eigenvalue weighted by atomic mass is 9.62. The molecule has 1 aromatic rings. The summed E-state index contributed by atoms with van der Waals surface area (Å²) in [5.41, 5.74) is 5.74. The summed E-state index contributed by atoms with van der Waals surface area (Å²) in [5, 5.41) is 40.7. The smallest absolute Gasteiger partial charge is 0.255 e. The second-order valence-electron chi connectivity index (χ2n) is 7.51. The fourth-order valence-corrected chi connectivity index (χ4v) is 4.85. The number of rotatable bonds is 2. The maximum Gasteiger partial charge on any atom is 0.255 e. The molecule has 3 aliphatic rings. The molecule has 1 aromatic carbocycles. The van der Waals surface area contributed by atoms with Gasteiger partial charge in [-0.1, -0.05) is 6.07 Å². The number of phenolic OH excluding ortho intramolecular Hbond substituents is 1. The van der Waals surface area contributed by atoms with Gasteiger partial charge < -0.3 is 26.2 Å². The highest BCUT2D eigenvalue weighted by molar-refractivity contribution is 6.22. The lowest BCUT2D eigenvalue weighted by Crippen LogP contribution is -2.43. The molecular weight excluding hydrogens is 366 g/mol. The van der Waals surface area contributed by atoms with E-state index in [2.05, 4.69) is 0 Å². The van der Waals surface area contributed by atoms with Crippen molar-refractivity contribution >= 4 is 17.5 Å². The molecule has 0 radical (unpaired) electrons. The van der Waals surface area contributed by atoms with Crippen LogP contribution >= 0.6 is 0 Å². The number of primary amides is 1. The van der Waals surface area contributed by atoms with E-state index in [1.54, 1.807) is 6.07 Å². The fourth-order valence-electron chi connectivity index (χ4n) is 4.85. The second kappa shape index (κ2) is 6.20. The highest BCUT2D eigenvalue weighted by Crippen LogP contribution is 2.49. The summed E-state index contributed by atoms with van der Waals surface area (Å²) < 4.78 is 0. The van der Waals surface area contributed by atoms with Gasteiger partial charge in [0.2, 0.25) is 0 Å². The van der Waals surface area contributed by atoms with Crippen LogP contribution in [-0.2, 0) is 22.6 Å². The van der Waals surface area contributed by atoms with Crippen LogP contribution in [0, 0.1) is 17.8 Å². The number of carbonyl (C=O) groups is 3. The first-order chi connectivity index (χ1) is 13.3. The van der Waals surface area contributed by atoms with Crippen molar-refractivity contribution in [2.24, 2.45) is 23.5 Å². The first-order valence-corrected chi connectivity index (χ1v) is 8.94. The van der Waals surface area contributed by atoms with Crippen molar-refractivity contribution in [2.75, 3.05) is 0 Å². The number of ketones is 2. The van der Waals surface area contributed by atoms with Gasteiger partial charge in [0.05, 0.1) is 18.1 Å². The monoisotopic (exact) mass is 385 g/mol. The number of allylic oxidation sites excluding steroid dienone is 3. The maximum atomic E-state index is 13.1. The molecule has 0 bridgehead atoms. The number of aromatic hydroxyl groups is 1. The van der Waals surface area contributed by atoms with Crippen LogP contribution in [0.1, 0.15) is 34.3 Å². The lowest BCUT2D eigenvalue weighted by Gasteiger charge is -2.41. The summed E-state index contributed by atoms with van der Waals surface area (Å²) in [4.78, 5) is 37.3. The third-order valence-corrected chi connectivity index (χ3v) is 6.04. The van der Waals surface area contributed by atoms with Crippen LogP contribution in [0.15, 0.2) is 34.8 Å². The number of benzene rings is 1. The molecule has 0 heterocycles. The lowest BCUT2D eigenvalue weighted by molar-refractivity contribution is -0.126. The Kier molecular flexibility index (Phi) is 4.04. The van der Waals surface area contributed by atoms with Gasteiger partial charge in [-0.3, -0.25) is 14.4 Å². The number of amides is 1. The Morgan fingerprint density at radius 1 is 1.14 bits per heavy atom. The van der Waals surface area contributed by atoms with E-state index < -0.39 is 52.3 Å². The molecule has 28 heavy (non-hydrogen) atoms. The van der Waals surface area contributed by atoms with E-state index in [4.69, 9.17) is 5.73 Å². The Morgan fingerprint density at radius 3 is 2.50 bits per heavy atom.